The Labute approximate surface area is 172 Å². The SMILES string of the molecule is C=CCn1nnnc1NCc1cc(OCC)c(OCc2ccccc2)cc1Br. The molecular weight excluding hydrogens is 422 g/mol. The van der Waals surface area contributed by atoms with E-state index in [0.29, 0.717) is 43.8 Å². The third-order valence-electron chi connectivity index (χ3n) is 3.92. The minimum atomic E-state index is 0.473. The fourth-order valence-corrected chi connectivity index (χ4v) is 3.04. The molecule has 0 amide bonds. The Bertz CT molecular complexity index is 914. The second-order valence-corrected chi connectivity index (χ2v) is 6.78. The Balaban J connectivity index is 1.74. The van der Waals surface area contributed by atoms with Gasteiger partial charge in [0.15, 0.2) is 11.5 Å². The molecule has 3 rings (SSSR count). The molecule has 0 unspecified atom stereocenters. The summed E-state index contributed by atoms with van der Waals surface area (Å²) in [4.78, 5) is 0. The highest BCUT2D eigenvalue weighted by atomic mass is 79.9. The first-order valence-electron chi connectivity index (χ1n) is 8.94. The van der Waals surface area contributed by atoms with E-state index in [1.807, 2.05) is 49.4 Å². The number of halogens is 1. The van der Waals surface area contributed by atoms with Crippen LogP contribution in [0.15, 0.2) is 59.6 Å². The van der Waals surface area contributed by atoms with Crippen LogP contribution in [0, 0.1) is 0 Å². The van der Waals surface area contributed by atoms with E-state index >= 15 is 0 Å². The number of anilines is 1. The number of allylic oxidation sites excluding steroid dienone is 1. The van der Waals surface area contributed by atoms with Crippen LogP contribution in [-0.2, 0) is 19.7 Å². The Morgan fingerprint density at radius 1 is 1.18 bits per heavy atom. The zero-order valence-corrected chi connectivity index (χ0v) is 17.2. The summed E-state index contributed by atoms with van der Waals surface area (Å²) in [6, 6.07) is 13.9. The normalized spacial score (nSPS) is 10.5. The quantitative estimate of drug-likeness (QED) is 0.473. The van der Waals surface area contributed by atoms with E-state index in [2.05, 4.69) is 43.4 Å². The molecule has 0 spiro atoms. The van der Waals surface area contributed by atoms with Crippen molar-refractivity contribution in [3.05, 3.63) is 70.7 Å². The lowest BCUT2D eigenvalue weighted by atomic mass is 10.2. The average Bonchev–Trinajstić information content (AvgIpc) is 3.15. The van der Waals surface area contributed by atoms with Gasteiger partial charge in [-0.15, -0.1) is 6.58 Å². The molecule has 0 aliphatic rings. The number of tetrazole rings is 1. The Morgan fingerprint density at radius 3 is 2.71 bits per heavy atom. The fourth-order valence-electron chi connectivity index (χ4n) is 2.58. The molecule has 0 fully saturated rings. The van der Waals surface area contributed by atoms with Crippen LogP contribution in [0.3, 0.4) is 0 Å². The van der Waals surface area contributed by atoms with Gasteiger partial charge in [-0.1, -0.05) is 57.4 Å². The maximum Gasteiger partial charge on any atom is 0.243 e. The Morgan fingerprint density at radius 2 is 1.96 bits per heavy atom. The summed E-state index contributed by atoms with van der Waals surface area (Å²) in [5, 5.41) is 14.8. The van der Waals surface area contributed by atoms with Gasteiger partial charge < -0.3 is 14.8 Å². The fraction of sp³-hybridized carbons (Fsp3) is 0.250. The van der Waals surface area contributed by atoms with Gasteiger partial charge in [0.25, 0.3) is 0 Å². The molecule has 1 aromatic heterocycles. The number of ether oxygens (including phenoxy) is 2. The standard InChI is InChI=1S/C20H22BrN5O2/c1-3-10-26-20(23-24-25-26)22-13-16-11-18(27-4-2)19(12-17(16)21)28-14-15-8-6-5-7-9-15/h3,5-9,11-12H,1,4,10,13-14H2,2H3,(H,22,23,25). The molecule has 0 radical (unpaired) electrons. The van der Waals surface area contributed by atoms with Crippen LogP contribution in [-0.4, -0.2) is 26.8 Å². The molecule has 146 valence electrons. The van der Waals surface area contributed by atoms with Crippen LogP contribution >= 0.6 is 15.9 Å². The van der Waals surface area contributed by atoms with Crippen molar-refractivity contribution in [1.29, 1.82) is 0 Å². The molecule has 7 nitrogen and oxygen atoms in total. The van der Waals surface area contributed by atoms with Crippen molar-refractivity contribution in [1.82, 2.24) is 20.2 Å². The van der Waals surface area contributed by atoms with Gasteiger partial charge in [-0.2, -0.15) is 0 Å². The third kappa shape index (κ3) is 5.10. The maximum absolute atomic E-state index is 5.99. The molecule has 0 saturated carbocycles. The van der Waals surface area contributed by atoms with Crippen molar-refractivity contribution < 1.29 is 9.47 Å². The van der Waals surface area contributed by atoms with Crippen molar-refractivity contribution >= 4 is 21.9 Å². The predicted molar refractivity (Wildman–Crippen MR) is 111 cm³/mol. The molecule has 2 aromatic carbocycles. The van der Waals surface area contributed by atoms with Crippen molar-refractivity contribution in [3.63, 3.8) is 0 Å². The summed E-state index contributed by atoms with van der Waals surface area (Å²) < 4.78 is 14.3. The molecule has 1 N–H and O–H groups in total. The van der Waals surface area contributed by atoms with Gasteiger partial charge in [-0.25, -0.2) is 4.68 Å². The number of aromatic nitrogens is 4. The Kier molecular flexibility index (Phi) is 7.02. The second kappa shape index (κ2) is 9.89. The van der Waals surface area contributed by atoms with Crippen LogP contribution in [0.2, 0.25) is 0 Å². The largest absolute Gasteiger partial charge is 0.490 e. The predicted octanol–water partition coefficient (Wildman–Crippen LogP) is 4.21. The number of rotatable bonds is 10. The summed E-state index contributed by atoms with van der Waals surface area (Å²) in [5.41, 5.74) is 2.10. The third-order valence-corrected chi connectivity index (χ3v) is 4.66. The van der Waals surface area contributed by atoms with Gasteiger partial charge in [-0.05, 0) is 40.6 Å². The van der Waals surface area contributed by atoms with Crippen LogP contribution in [0.4, 0.5) is 5.95 Å². The molecule has 0 saturated heterocycles. The molecule has 3 aromatic rings. The van der Waals surface area contributed by atoms with Crippen LogP contribution in [0.1, 0.15) is 18.1 Å². The average molecular weight is 444 g/mol. The number of hydrogen-bond donors (Lipinski definition) is 1. The number of nitrogens with zero attached hydrogens (tertiary/aromatic N) is 4. The van der Waals surface area contributed by atoms with Crippen LogP contribution < -0.4 is 14.8 Å². The highest BCUT2D eigenvalue weighted by Gasteiger charge is 2.12. The zero-order valence-electron chi connectivity index (χ0n) is 15.6. The summed E-state index contributed by atoms with van der Waals surface area (Å²) in [5.74, 6) is 1.97. The lowest BCUT2D eigenvalue weighted by Crippen LogP contribution is -2.09. The van der Waals surface area contributed by atoms with Crippen molar-refractivity contribution in [2.24, 2.45) is 0 Å². The molecule has 1 heterocycles. The minimum Gasteiger partial charge on any atom is -0.490 e. The number of hydrogen-bond acceptors (Lipinski definition) is 6. The highest BCUT2D eigenvalue weighted by molar-refractivity contribution is 9.10. The van der Waals surface area contributed by atoms with Gasteiger partial charge in [-0.3, -0.25) is 0 Å². The van der Waals surface area contributed by atoms with Crippen LogP contribution in [0.5, 0.6) is 11.5 Å². The summed E-state index contributed by atoms with van der Waals surface area (Å²) in [6.45, 7) is 7.74. The van der Waals surface area contributed by atoms with Gasteiger partial charge in [0.2, 0.25) is 5.95 Å². The van der Waals surface area contributed by atoms with E-state index in [-0.39, 0.29) is 0 Å². The smallest absolute Gasteiger partial charge is 0.243 e. The zero-order chi connectivity index (χ0) is 19.8. The molecule has 0 aliphatic heterocycles. The van der Waals surface area contributed by atoms with E-state index in [9.17, 15) is 0 Å². The lowest BCUT2D eigenvalue weighted by molar-refractivity contribution is 0.269. The second-order valence-electron chi connectivity index (χ2n) is 5.92. The van der Waals surface area contributed by atoms with E-state index < -0.39 is 0 Å². The summed E-state index contributed by atoms with van der Waals surface area (Å²) in [6.07, 6.45) is 1.74. The van der Waals surface area contributed by atoms with Crippen molar-refractivity contribution in [2.75, 3.05) is 11.9 Å². The van der Waals surface area contributed by atoms with Crippen molar-refractivity contribution in [3.8, 4) is 11.5 Å². The minimum absolute atomic E-state index is 0.473. The Hall–Kier alpha value is -2.87. The molecule has 8 heteroatoms. The first kappa shape index (κ1) is 19.9. The van der Waals surface area contributed by atoms with Crippen LogP contribution in [0.25, 0.3) is 0 Å². The van der Waals surface area contributed by atoms with Crippen molar-refractivity contribution in [2.45, 2.75) is 26.6 Å². The van der Waals surface area contributed by atoms with Gasteiger partial charge in [0, 0.05) is 11.0 Å². The topological polar surface area (TPSA) is 74.1 Å². The highest BCUT2D eigenvalue weighted by Crippen LogP contribution is 2.34. The first-order valence-corrected chi connectivity index (χ1v) is 9.73. The molecule has 0 atom stereocenters. The van der Waals surface area contributed by atoms with E-state index in [1.54, 1.807) is 10.8 Å². The monoisotopic (exact) mass is 443 g/mol. The van der Waals surface area contributed by atoms with E-state index in [0.717, 1.165) is 15.6 Å². The first-order chi connectivity index (χ1) is 13.7. The summed E-state index contributed by atoms with van der Waals surface area (Å²) >= 11 is 3.62. The maximum atomic E-state index is 5.99. The number of benzene rings is 2. The van der Waals surface area contributed by atoms with Gasteiger partial charge in [0.1, 0.15) is 6.61 Å². The van der Waals surface area contributed by atoms with E-state index in [1.165, 1.54) is 0 Å². The lowest BCUT2D eigenvalue weighted by Gasteiger charge is -2.15. The van der Waals surface area contributed by atoms with Gasteiger partial charge in [0.05, 0.1) is 13.2 Å². The molecule has 0 aliphatic carbocycles. The van der Waals surface area contributed by atoms with E-state index in [4.69, 9.17) is 9.47 Å². The van der Waals surface area contributed by atoms with Gasteiger partial charge >= 0.3 is 0 Å². The summed E-state index contributed by atoms with van der Waals surface area (Å²) in [7, 11) is 0. The number of nitrogens with one attached hydrogen (secondary N) is 1. The molecule has 0 bridgehead atoms. The molecular formula is C20H22BrN5O2. The molecule has 28 heavy (non-hydrogen) atoms.